The number of halogens is 3. The summed E-state index contributed by atoms with van der Waals surface area (Å²) in [6, 6.07) is 4.17. The van der Waals surface area contributed by atoms with Crippen molar-refractivity contribution in [2.45, 2.75) is 31.2 Å². The zero-order valence-electron chi connectivity index (χ0n) is 8.38. The Morgan fingerprint density at radius 2 is 2.00 bits per heavy atom. The molecular weight excluding hydrogens is 221 g/mol. The van der Waals surface area contributed by atoms with Gasteiger partial charge in [-0.2, -0.15) is 13.2 Å². The van der Waals surface area contributed by atoms with Crippen molar-refractivity contribution in [3.05, 3.63) is 34.9 Å². The first-order chi connectivity index (χ1) is 7.38. The first-order valence-corrected chi connectivity index (χ1v) is 4.91. The number of aliphatic hydroxyl groups is 2. The van der Waals surface area contributed by atoms with E-state index in [-0.39, 0.29) is 25.0 Å². The molecule has 0 aliphatic heterocycles. The molecule has 1 aliphatic carbocycles. The van der Waals surface area contributed by atoms with Crippen LogP contribution < -0.4 is 0 Å². The molecule has 0 amide bonds. The van der Waals surface area contributed by atoms with Gasteiger partial charge in [0.25, 0.3) is 0 Å². The lowest BCUT2D eigenvalue weighted by Gasteiger charge is -2.26. The van der Waals surface area contributed by atoms with Crippen LogP contribution in [0.3, 0.4) is 0 Å². The van der Waals surface area contributed by atoms with Crippen molar-refractivity contribution in [2.75, 3.05) is 0 Å². The first kappa shape index (κ1) is 11.4. The molecule has 2 nitrogen and oxygen atoms in total. The van der Waals surface area contributed by atoms with E-state index in [0.717, 1.165) is 0 Å². The number of aryl methyl sites for hydroxylation is 1. The second-order valence-corrected chi connectivity index (χ2v) is 4.01. The lowest BCUT2D eigenvalue weighted by Crippen LogP contribution is -2.40. The van der Waals surface area contributed by atoms with Gasteiger partial charge in [-0.05, 0) is 29.5 Å². The van der Waals surface area contributed by atoms with E-state index < -0.39 is 11.8 Å². The zero-order valence-corrected chi connectivity index (χ0v) is 8.38. The fraction of sp³-hybridized carbons (Fsp3) is 0.455. The number of hydrogen-bond donors (Lipinski definition) is 2. The molecule has 0 spiro atoms. The van der Waals surface area contributed by atoms with Crippen LogP contribution in [0.25, 0.3) is 0 Å². The Hall–Kier alpha value is -1.07. The molecule has 2 rings (SSSR count). The molecule has 0 saturated heterocycles. The van der Waals surface area contributed by atoms with E-state index in [4.69, 9.17) is 5.11 Å². The Bertz CT molecular complexity index is 414. The van der Waals surface area contributed by atoms with Gasteiger partial charge in [0.1, 0.15) is 0 Å². The van der Waals surface area contributed by atoms with E-state index >= 15 is 0 Å². The summed E-state index contributed by atoms with van der Waals surface area (Å²) in [6.07, 6.45) is -4.82. The molecule has 5 heteroatoms. The predicted octanol–water partition coefficient (Wildman–Crippen LogP) is 1.87. The highest BCUT2D eigenvalue weighted by Crippen LogP contribution is 2.47. The first-order valence-electron chi connectivity index (χ1n) is 4.91. The highest BCUT2D eigenvalue weighted by atomic mass is 19.4. The van der Waals surface area contributed by atoms with Crippen LogP contribution in [0.4, 0.5) is 13.2 Å². The molecule has 1 aromatic carbocycles. The van der Waals surface area contributed by atoms with Crippen LogP contribution >= 0.6 is 0 Å². The minimum Gasteiger partial charge on any atom is -0.392 e. The third-order valence-electron chi connectivity index (χ3n) is 3.02. The Kier molecular flexibility index (Phi) is 2.47. The van der Waals surface area contributed by atoms with E-state index in [1.807, 2.05) is 0 Å². The minimum absolute atomic E-state index is 0.0859. The van der Waals surface area contributed by atoms with Gasteiger partial charge in [0.2, 0.25) is 0 Å². The molecule has 0 saturated carbocycles. The van der Waals surface area contributed by atoms with Crippen LogP contribution in [0.2, 0.25) is 0 Å². The molecule has 0 radical (unpaired) electrons. The summed E-state index contributed by atoms with van der Waals surface area (Å²) >= 11 is 0. The Labute approximate surface area is 90.3 Å². The van der Waals surface area contributed by atoms with E-state index in [1.165, 1.54) is 18.2 Å². The minimum atomic E-state index is -4.65. The molecule has 1 aromatic rings. The lowest BCUT2D eigenvalue weighted by atomic mass is 9.94. The van der Waals surface area contributed by atoms with E-state index in [2.05, 4.69) is 0 Å². The summed E-state index contributed by atoms with van der Waals surface area (Å²) in [4.78, 5) is 0. The summed E-state index contributed by atoms with van der Waals surface area (Å²) in [5.41, 5.74) is -1.79. The second kappa shape index (κ2) is 3.46. The van der Waals surface area contributed by atoms with Crippen molar-refractivity contribution in [3.63, 3.8) is 0 Å². The van der Waals surface area contributed by atoms with Gasteiger partial charge in [0.15, 0.2) is 5.60 Å². The fourth-order valence-electron chi connectivity index (χ4n) is 2.10. The van der Waals surface area contributed by atoms with Gasteiger partial charge in [0.05, 0.1) is 6.61 Å². The molecule has 0 bridgehead atoms. The van der Waals surface area contributed by atoms with Crippen molar-refractivity contribution in [1.82, 2.24) is 0 Å². The van der Waals surface area contributed by atoms with E-state index in [0.29, 0.717) is 11.1 Å². The summed E-state index contributed by atoms with van der Waals surface area (Å²) in [7, 11) is 0. The van der Waals surface area contributed by atoms with Crippen LogP contribution in [0.15, 0.2) is 18.2 Å². The standard InChI is InChI=1S/C11H11F3O2/c12-11(13,14)10(16)4-3-8-5-7(6-15)1-2-9(8)10/h1-2,5,15-16H,3-4,6H2. The number of aliphatic hydroxyl groups excluding tert-OH is 1. The monoisotopic (exact) mass is 232 g/mol. The maximum Gasteiger partial charge on any atom is 0.421 e. The van der Waals surface area contributed by atoms with Crippen molar-refractivity contribution in [1.29, 1.82) is 0 Å². The number of benzene rings is 1. The number of fused-ring (bicyclic) bond motifs is 1. The molecule has 2 N–H and O–H groups in total. The quantitative estimate of drug-likeness (QED) is 0.776. The smallest absolute Gasteiger partial charge is 0.392 e. The summed E-state index contributed by atoms with van der Waals surface area (Å²) in [5.74, 6) is 0. The van der Waals surface area contributed by atoms with Gasteiger partial charge in [-0.25, -0.2) is 0 Å². The van der Waals surface area contributed by atoms with Gasteiger partial charge in [-0.3, -0.25) is 0 Å². The van der Waals surface area contributed by atoms with Crippen LogP contribution in [0, 0.1) is 0 Å². The third-order valence-corrected chi connectivity index (χ3v) is 3.02. The van der Waals surface area contributed by atoms with Gasteiger partial charge in [0, 0.05) is 0 Å². The van der Waals surface area contributed by atoms with Crippen LogP contribution in [0.1, 0.15) is 23.1 Å². The van der Waals surface area contributed by atoms with Crippen molar-refractivity contribution < 1.29 is 23.4 Å². The maximum absolute atomic E-state index is 12.7. The fourth-order valence-corrected chi connectivity index (χ4v) is 2.10. The lowest BCUT2D eigenvalue weighted by molar-refractivity contribution is -0.265. The molecule has 1 unspecified atom stereocenters. The van der Waals surface area contributed by atoms with Crippen molar-refractivity contribution in [2.24, 2.45) is 0 Å². The number of hydrogen-bond acceptors (Lipinski definition) is 2. The molecule has 1 atom stereocenters. The Morgan fingerprint density at radius 3 is 2.56 bits per heavy atom. The highest BCUT2D eigenvalue weighted by Gasteiger charge is 2.57. The topological polar surface area (TPSA) is 40.5 Å². The van der Waals surface area contributed by atoms with Gasteiger partial charge < -0.3 is 10.2 Å². The Morgan fingerprint density at radius 1 is 1.31 bits per heavy atom. The predicted molar refractivity (Wildman–Crippen MR) is 50.6 cm³/mol. The van der Waals surface area contributed by atoms with E-state index in [1.54, 1.807) is 0 Å². The second-order valence-electron chi connectivity index (χ2n) is 4.01. The third kappa shape index (κ3) is 1.51. The summed E-state index contributed by atoms with van der Waals surface area (Å²) in [5, 5.41) is 18.5. The molecular formula is C11H11F3O2. The molecule has 88 valence electrons. The number of alkyl halides is 3. The van der Waals surface area contributed by atoms with Crippen molar-refractivity contribution in [3.8, 4) is 0 Å². The Balaban J connectivity index is 2.48. The molecule has 1 aliphatic rings. The molecule has 0 aromatic heterocycles. The van der Waals surface area contributed by atoms with E-state index in [9.17, 15) is 18.3 Å². The molecule has 0 heterocycles. The zero-order chi connectivity index (χ0) is 12.0. The SMILES string of the molecule is OCc1ccc2c(c1)CCC2(O)C(F)(F)F. The van der Waals surface area contributed by atoms with Crippen LogP contribution in [-0.4, -0.2) is 16.4 Å². The van der Waals surface area contributed by atoms with Crippen LogP contribution in [0.5, 0.6) is 0 Å². The largest absolute Gasteiger partial charge is 0.421 e. The van der Waals surface area contributed by atoms with Crippen LogP contribution in [-0.2, 0) is 18.6 Å². The number of rotatable bonds is 1. The average Bonchev–Trinajstić information content (AvgIpc) is 2.56. The van der Waals surface area contributed by atoms with Gasteiger partial charge in [-0.15, -0.1) is 0 Å². The van der Waals surface area contributed by atoms with Gasteiger partial charge in [-0.1, -0.05) is 18.2 Å². The molecule has 0 fully saturated rings. The molecule has 16 heavy (non-hydrogen) atoms. The normalized spacial score (nSPS) is 24.6. The van der Waals surface area contributed by atoms with Gasteiger partial charge >= 0.3 is 6.18 Å². The average molecular weight is 232 g/mol. The highest BCUT2D eigenvalue weighted by molar-refractivity contribution is 5.41. The summed E-state index contributed by atoms with van der Waals surface area (Å²) in [6.45, 7) is -0.211. The maximum atomic E-state index is 12.7. The van der Waals surface area contributed by atoms with Crippen molar-refractivity contribution >= 4 is 0 Å². The summed E-state index contributed by atoms with van der Waals surface area (Å²) < 4.78 is 38.1.